The van der Waals surface area contributed by atoms with Crippen molar-refractivity contribution in [3.05, 3.63) is 71.5 Å². The number of piperazine rings is 1. The number of benzene rings is 2. The van der Waals surface area contributed by atoms with Crippen LogP contribution in [0.5, 0.6) is 0 Å². The molecule has 17 nitrogen and oxygen atoms in total. The molecule has 8 heterocycles. The van der Waals surface area contributed by atoms with Gasteiger partial charge < -0.3 is 38.6 Å². The van der Waals surface area contributed by atoms with E-state index < -0.39 is 35.1 Å². The van der Waals surface area contributed by atoms with Crippen molar-refractivity contribution < 1.29 is 38.1 Å². The van der Waals surface area contributed by atoms with E-state index >= 15 is 9.59 Å². The number of aryl methyl sites for hydroxylation is 1. The number of hydrogen-bond acceptors (Lipinski definition) is 13. The maximum atomic E-state index is 15.3. The summed E-state index contributed by atoms with van der Waals surface area (Å²) in [5, 5.41) is 6.04. The van der Waals surface area contributed by atoms with Gasteiger partial charge in [0.2, 0.25) is 5.91 Å². The van der Waals surface area contributed by atoms with E-state index in [1.165, 1.54) is 0 Å². The van der Waals surface area contributed by atoms with Crippen molar-refractivity contribution in [1.82, 2.24) is 40.0 Å². The number of anilines is 1. The second-order valence-corrected chi connectivity index (χ2v) is 26.1. The zero-order valence-corrected chi connectivity index (χ0v) is 48.8. The lowest BCUT2D eigenvalue weighted by Crippen LogP contribution is -2.62. The molecule has 0 unspecified atom stereocenters. The molecule has 6 fully saturated rings. The monoisotopic (exact) mass is 1100 g/mol. The van der Waals surface area contributed by atoms with Crippen LogP contribution in [0.4, 0.5) is 10.5 Å². The van der Waals surface area contributed by atoms with Crippen LogP contribution in [-0.2, 0) is 52.7 Å². The minimum Gasteiger partial charge on any atom is -0.464 e. The van der Waals surface area contributed by atoms with Gasteiger partial charge in [-0.25, -0.2) is 10.2 Å². The summed E-state index contributed by atoms with van der Waals surface area (Å²) >= 11 is 0. The summed E-state index contributed by atoms with van der Waals surface area (Å²) in [4.78, 5) is 72.4. The van der Waals surface area contributed by atoms with E-state index in [4.69, 9.17) is 23.9 Å². The van der Waals surface area contributed by atoms with E-state index in [1.807, 2.05) is 37.9 Å². The lowest BCUT2D eigenvalue weighted by atomic mass is 9.84. The van der Waals surface area contributed by atoms with Crippen LogP contribution in [0.25, 0.3) is 33.3 Å². The molecule has 17 heteroatoms. The van der Waals surface area contributed by atoms with Gasteiger partial charge in [0, 0.05) is 99.7 Å². The number of ether oxygens (including phenoxy) is 4. The average molecular weight is 1100 g/mol. The third-order valence-electron chi connectivity index (χ3n) is 18.6. The summed E-state index contributed by atoms with van der Waals surface area (Å²) in [6.45, 7) is 23.4. The quantitative estimate of drug-likeness (QED) is 0.155. The van der Waals surface area contributed by atoms with Crippen LogP contribution in [0.1, 0.15) is 123 Å². The number of hydrogen-bond donors (Lipinski definition) is 2. The maximum absolute atomic E-state index is 15.3. The van der Waals surface area contributed by atoms with E-state index in [2.05, 4.69) is 100 Å². The number of cyclic esters (lactones) is 1. The highest BCUT2D eigenvalue weighted by Gasteiger charge is 2.50. The Morgan fingerprint density at radius 3 is 2.52 bits per heavy atom. The fourth-order valence-electron chi connectivity index (χ4n) is 14.3. The molecule has 7 aliphatic rings. The van der Waals surface area contributed by atoms with E-state index in [-0.39, 0.29) is 48.4 Å². The lowest BCUT2D eigenvalue weighted by molar-refractivity contribution is -0.155. The van der Waals surface area contributed by atoms with Crippen LogP contribution >= 0.6 is 0 Å². The zero-order chi connectivity index (χ0) is 56.1. The number of aromatic nitrogens is 2. The maximum Gasteiger partial charge on any atom is 0.410 e. The number of pyridine rings is 1. The minimum absolute atomic E-state index is 0.125. The largest absolute Gasteiger partial charge is 0.464 e. The summed E-state index contributed by atoms with van der Waals surface area (Å²) in [7, 11) is 1.74. The van der Waals surface area contributed by atoms with Gasteiger partial charge in [0.15, 0.2) is 0 Å². The number of nitrogens with one attached hydrogen (secondary N) is 2. The van der Waals surface area contributed by atoms with Gasteiger partial charge in [0.1, 0.15) is 17.7 Å². The predicted octanol–water partition coefficient (Wildman–Crippen LogP) is 8.16. The van der Waals surface area contributed by atoms with Gasteiger partial charge in [0.05, 0.1) is 61.3 Å². The molecule has 2 N–H and O–H groups in total. The molecular weight excluding hydrogens is 1010 g/mol. The molecule has 3 amide bonds. The summed E-state index contributed by atoms with van der Waals surface area (Å²) < 4.78 is 26.5. The SMILES string of the molecule is CCn1c(-c2cc(N3CCN4CCOC[C@@H]4C3)cnc2[C@H](C)OC)c2c3cc(ccc31)-c1cccc(c1)C[C@H](NC(=O)[C@H](C1CCCC1)N1CC[C@]3(CCN(C(=O)OC(C)(C)C)C3)C1)C(=O)N1CCC[C@H](N1)C(=O)OCC(C)(C)C2. The van der Waals surface area contributed by atoms with Gasteiger partial charge >= 0.3 is 12.1 Å². The number of likely N-dealkylation sites (tertiary alicyclic amines) is 2. The van der Waals surface area contributed by atoms with Gasteiger partial charge in [-0.05, 0) is 132 Å². The van der Waals surface area contributed by atoms with Crippen LogP contribution in [0, 0.1) is 16.7 Å². The van der Waals surface area contributed by atoms with E-state index in [1.54, 1.807) is 12.1 Å². The molecule has 6 atom stereocenters. The van der Waals surface area contributed by atoms with Crippen molar-refractivity contribution >= 4 is 40.5 Å². The number of fused-ring (bicyclic) bond motifs is 7. The van der Waals surface area contributed by atoms with Crippen LogP contribution in [-0.4, -0.2) is 169 Å². The first-order valence-electron chi connectivity index (χ1n) is 30.0. The van der Waals surface area contributed by atoms with Crippen LogP contribution in [0.15, 0.2) is 54.7 Å². The Morgan fingerprint density at radius 2 is 1.74 bits per heavy atom. The van der Waals surface area contributed by atoms with E-state index in [9.17, 15) is 9.59 Å². The van der Waals surface area contributed by atoms with Gasteiger partial charge in [-0.3, -0.25) is 34.2 Å². The average Bonchev–Trinajstić information content (AvgIpc) is 4.12. The molecule has 1 aliphatic carbocycles. The Kier molecular flexibility index (Phi) is 16.2. The molecule has 1 spiro atoms. The Bertz CT molecular complexity index is 2950. The molecule has 1 saturated carbocycles. The van der Waals surface area contributed by atoms with Gasteiger partial charge in [0.25, 0.3) is 5.91 Å². The normalized spacial score (nSPS) is 26.1. The minimum atomic E-state index is -0.921. The molecule has 0 radical (unpaired) electrons. The second-order valence-electron chi connectivity index (χ2n) is 26.1. The van der Waals surface area contributed by atoms with Crippen LogP contribution in [0.3, 0.4) is 0 Å². The number of amides is 3. The summed E-state index contributed by atoms with van der Waals surface area (Å²) in [6, 6.07) is 15.7. The Hall–Kier alpha value is -5.59. The molecule has 80 heavy (non-hydrogen) atoms. The number of carbonyl (C=O) groups excluding carboxylic acids is 4. The molecule has 6 aliphatic heterocycles. The first-order valence-corrected chi connectivity index (χ1v) is 30.0. The molecular formula is C63H87N9O8. The zero-order valence-electron chi connectivity index (χ0n) is 48.8. The molecule has 432 valence electrons. The summed E-state index contributed by atoms with van der Waals surface area (Å²) in [6.07, 6.45) is 9.15. The second kappa shape index (κ2) is 23.0. The number of hydrazine groups is 1. The topological polar surface area (TPSA) is 163 Å². The number of esters is 1. The number of methoxy groups -OCH3 is 1. The molecule has 2 aromatic carbocycles. The Morgan fingerprint density at radius 1 is 0.938 bits per heavy atom. The Balaban J connectivity index is 0.950. The fraction of sp³-hybridized carbons (Fsp3) is 0.635. The van der Waals surface area contributed by atoms with E-state index in [0.717, 1.165) is 140 Å². The fourth-order valence-corrected chi connectivity index (χ4v) is 14.3. The summed E-state index contributed by atoms with van der Waals surface area (Å²) in [5.41, 5.74) is 11.3. The van der Waals surface area contributed by atoms with Gasteiger partial charge in [-0.15, -0.1) is 0 Å². The standard InChI is InChI=1S/C63H87N9O8/c1-9-71-53-20-19-45-32-48(53)50(56(71)49-33-46(35-64-54(49)41(2)77-8)68-27-26-67-28-29-78-37-47(67)36-68)34-62(6,7)40-79-59(75)51-18-13-23-72(66-51)58(74)52(31-42-14-12-17-44(45)30-42)65-57(73)55(43-15-10-11-16-43)69-24-21-63(38-69)22-25-70(39-63)60(76)80-61(3,4)5/h12,14,17,19-20,30,32-33,35,41,43,47,51-52,55,66H,9-11,13,15-16,18,21-29,31,34,36-40H2,1-8H3,(H,65,73)/t41-,47-,51-,52-,55-,63-/m0/s1. The molecule has 2 aromatic heterocycles. The molecule has 6 bridgehead atoms. The van der Waals surface area contributed by atoms with Crippen molar-refractivity contribution in [3.63, 3.8) is 0 Å². The lowest BCUT2D eigenvalue weighted by Gasteiger charge is -2.44. The highest BCUT2D eigenvalue weighted by Crippen LogP contribution is 2.45. The predicted molar refractivity (Wildman–Crippen MR) is 309 cm³/mol. The highest BCUT2D eigenvalue weighted by molar-refractivity contribution is 5.96. The smallest absolute Gasteiger partial charge is 0.410 e. The number of carbonyl (C=O) groups is 4. The first-order chi connectivity index (χ1) is 38.4. The molecule has 5 saturated heterocycles. The number of morpholine rings is 1. The van der Waals surface area contributed by atoms with Crippen LogP contribution < -0.4 is 15.6 Å². The van der Waals surface area contributed by atoms with Crippen molar-refractivity contribution in [3.8, 4) is 22.4 Å². The Labute approximate surface area is 473 Å². The third kappa shape index (κ3) is 11.7. The van der Waals surface area contributed by atoms with Gasteiger partial charge in [-0.2, -0.15) is 0 Å². The van der Waals surface area contributed by atoms with E-state index in [0.29, 0.717) is 58.0 Å². The van der Waals surface area contributed by atoms with Crippen LogP contribution in [0.2, 0.25) is 0 Å². The third-order valence-corrected chi connectivity index (χ3v) is 18.6. The van der Waals surface area contributed by atoms with Crippen molar-refractivity contribution in [2.45, 2.75) is 155 Å². The highest BCUT2D eigenvalue weighted by atomic mass is 16.6. The van der Waals surface area contributed by atoms with Gasteiger partial charge in [-0.1, -0.05) is 57.0 Å². The molecule has 11 rings (SSSR count). The van der Waals surface area contributed by atoms with Crippen molar-refractivity contribution in [1.29, 1.82) is 0 Å². The van der Waals surface area contributed by atoms with Crippen molar-refractivity contribution in [2.75, 3.05) is 90.7 Å². The number of rotatable bonds is 9. The number of nitrogens with zero attached hydrogens (tertiary/aromatic N) is 7. The summed E-state index contributed by atoms with van der Waals surface area (Å²) in [5.74, 6) is -0.669. The van der Waals surface area contributed by atoms with Crippen molar-refractivity contribution in [2.24, 2.45) is 16.7 Å². The first kappa shape index (κ1) is 56.3. The molecule has 4 aromatic rings.